The summed E-state index contributed by atoms with van der Waals surface area (Å²) in [5.74, 6) is -2.06. The maximum Gasteiger partial charge on any atom is 0.374 e. The molecule has 0 N–H and O–H groups in total. The summed E-state index contributed by atoms with van der Waals surface area (Å²) in [5.41, 5.74) is 1.94. The molecule has 1 aromatic carbocycles. The van der Waals surface area contributed by atoms with Gasteiger partial charge in [-0.25, -0.2) is 4.79 Å². The topological polar surface area (TPSA) is 60.4 Å². The van der Waals surface area contributed by atoms with Gasteiger partial charge in [-0.15, -0.1) is 0 Å². The third-order valence-corrected chi connectivity index (χ3v) is 2.29. The summed E-state index contributed by atoms with van der Waals surface area (Å²) in [5, 5.41) is 0. The lowest BCUT2D eigenvalue weighted by molar-refractivity contribution is -0.152. The SMILES string of the molecule is COC(=O)C(=O)CC(=O)Cc1ccc(C)cc1. The van der Waals surface area contributed by atoms with E-state index in [-0.39, 0.29) is 12.2 Å². The third kappa shape index (κ3) is 4.18. The Labute approximate surface area is 99.6 Å². The second-order valence-electron chi connectivity index (χ2n) is 3.79. The molecule has 0 saturated heterocycles. The van der Waals surface area contributed by atoms with Crippen LogP contribution in [0.25, 0.3) is 0 Å². The fourth-order valence-electron chi connectivity index (χ4n) is 1.36. The predicted octanol–water partition coefficient (Wildman–Crippen LogP) is 1.24. The van der Waals surface area contributed by atoms with Crippen molar-refractivity contribution in [3.8, 4) is 0 Å². The molecular weight excluding hydrogens is 220 g/mol. The van der Waals surface area contributed by atoms with Crippen LogP contribution in [0.4, 0.5) is 0 Å². The van der Waals surface area contributed by atoms with Crippen LogP contribution in [-0.4, -0.2) is 24.6 Å². The van der Waals surface area contributed by atoms with Gasteiger partial charge < -0.3 is 4.74 Å². The van der Waals surface area contributed by atoms with Crippen molar-refractivity contribution in [3.05, 3.63) is 35.4 Å². The number of ketones is 2. The van der Waals surface area contributed by atoms with E-state index in [1.54, 1.807) is 0 Å². The van der Waals surface area contributed by atoms with Crippen LogP contribution in [0.1, 0.15) is 17.5 Å². The quantitative estimate of drug-likeness (QED) is 0.437. The number of benzene rings is 1. The van der Waals surface area contributed by atoms with E-state index in [0.29, 0.717) is 0 Å². The molecule has 0 fully saturated rings. The van der Waals surface area contributed by atoms with Crippen LogP contribution in [0, 0.1) is 6.92 Å². The van der Waals surface area contributed by atoms with Crippen LogP contribution >= 0.6 is 0 Å². The monoisotopic (exact) mass is 234 g/mol. The number of hydrogen-bond donors (Lipinski definition) is 0. The Morgan fingerprint density at radius 1 is 1.12 bits per heavy atom. The van der Waals surface area contributed by atoms with Crippen molar-refractivity contribution in [2.24, 2.45) is 0 Å². The normalized spacial score (nSPS) is 9.76. The Bertz CT molecular complexity index is 431. The first kappa shape index (κ1) is 13.1. The van der Waals surface area contributed by atoms with Crippen LogP contribution in [0.5, 0.6) is 0 Å². The van der Waals surface area contributed by atoms with Gasteiger partial charge in [-0.2, -0.15) is 0 Å². The van der Waals surface area contributed by atoms with Crippen molar-refractivity contribution >= 4 is 17.5 Å². The molecule has 0 aliphatic carbocycles. The fourth-order valence-corrected chi connectivity index (χ4v) is 1.36. The average molecular weight is 234 g/mol. The Balaban J connectivity index is 2.53. The van der Waals surface area contributed by atoms with Crippen molar-refractivity contribution in [1.29, 1.82) is 0 Å². The molecule has 1 rings (SSSR count). The van der Waals surface area contributed by atoms with E-state index in [9.17, 15) is 14.4 Å². The van der Waals surface area contributed by atoms with E-state index in [1.807, 2.05) is 31.2 Å². The first-order valence-corrected chi connectivity index (χ1v) is 5.21. The number of ether oxygens (including phenoxy) is 1. The molecule has 0 aromatic heterocycles. The molecule has 0 atom stereocenters. The molecule has 17 heavy (non-hydrogen) atoms. The molecule has 0 saturated carbocycles. The van der Waals surface area contributed by atoms with Gasteiger partial charge in [0.2, 0.25) is 5.78 Å². The van der Waals surface area contributed by atoms with E-state index in [0.717, 1.165) is 18.2 Å². The summed E-state index contributed by atoms with van der Waals surface area (Å²) in [6.45, 7) is 1.95. The largest absolute Gasteiger partial charge is 0.463 e. The number of rotatable bonds is 5. The van der Waals surface area contributed by atoms with Gasteiger partial charge in [-0.3, -0.25) is 9.59 Å². The number of aryl methyl sites for hydroxylation is 1. The molecule has 0 radical (unpaired) electrons. The standard InChI is InChI=1S/C13H14O4/c1-9-3-5-10(6-4-9)7-11(14)8-12(15)13(16)17-2/h3-6H,7-8H2,1-2H3. The number of carbonyl (C=O) groups excluding carboxylic acids is 3. The molecule has 0 unspecified atom stereocenters. The van der Waals surface area contributed by atoms with Gasteiger partial charge in [-0.1, -0.05) is 29.8 Å². The minimum Gasteiger partial charge on any atom is -0.463 e. The van der Waals surface area contributed by atoms with Crippen molar-refractivity contribution < 1.29 is 19.1 Å². The number of methoxy groups -OCH3 is 1. The average Bonchev–Trinajstić information content (AvgIpc) is 2.30. The van der Waals surface area contributed by atoms with Crippen LogP contribution in [0.3, 0.4) is 0 Å². The third-order valence-electron chi connectivity index (χ3n) is 2.29. The molecule has 0 aliphatic heterocycles. The summed E-state index contributed by atoms with van der Waals surface area (Å²) >= 11 is 0. The molecule has 0 aliphatic rings. The molecular formula is C13H14O4. The second-order valence-corrected chi connectivity index (χ2v) is 3.79. The summed E-state index contributed by atoms with van der Waals surface area (Å²) in [6, 6.07) is 7.45. The van der Waals surface area contributed by atoms with Gasteiger partial charge in [0.15, 0.2) is 0 Å². The lowest BCUT2D eigenvalue weighted by Gasteiger charge is -2.01. The van der Waals surface area contributed by atoms with Crippen LogP contribution in [-0.2, 0) is 25.5 Å². The first-order valence-electron chi connectivity index (χ1n) is 5.21. The highest BCUT2D eigenvalue weighted by molar-refractivity contribution is 6.37. The Hall–Kier alpha value is -1.97. The van der Waals surface area contributed by atoms with Gasteiger partial charge in [0.1, 0.15) is 5.78 Å². The Morgan fingerprint density at radius 3 is 2.24 bits per heavy atom. The summed E-state index contributed by atoms with van der Waals surface area (Å²) in [6.07, 6.45) is -0.246. The molecule has 0 spiro atoms. The molecule has 0 heterocycles. The smallest absolute Gasteiger partial charge is 0.374 e. The van der Waals surface area contributed by atoms with E-state index >= 15 is 0 Å². The van der Waals surface area contributed by atoms with Crippen molar-refractivity contribution in [1.82, 2.24) is 0 Å². The fraction of sp³-hybridized carbons (Fsp3) is 0.308. The minimum absolute atomic E-state index is 0.156. The van der Waals surface area contributed by atoms with Crippen molar-refractivity contribution in [3.63, 3.8) is 0 Å². The Morgan fingerprint density at radius 2 is 1.71 bits per heavy atom. The minimum atomic E-state index is -0.970. The van der Waals surface area contributed by atoms with Crippen LogP contribution < -0.4 is 0 Å². The maximum atomic E-state index is 11.5. The van der Waals surface area contributed by atoms with Gasteiger partial charge in [0, 0.05) is 6.42 Å². The second kappa shape index (κ2) is 5.94. The molecule has 0 amide bonds. The highest BCUT2D eigenvalue weighted by Gasteiger charge is 2.18. The number of esters is 1. The highest BCUT2D eigenvalue weighted by atomic mass is 16.5. The van der Waals surface area contributed by atoms with E-state index in [2.05, 4.69) is 4.74 Å². The summed E-state index contributed by atoms with van der Waals surface area (Å²) in [7, 11) is 1.12. The zero-order valence-electron chi connectivity index (χ0n) is 9.86. The lowest BCUT2D eigenvalue weighted by atomic mass is 10.0. The molecule has 1 aromatic rings. The van der Waals surface area contributed by atoms with Crippen LogP contribution in [0.15, 0.2) is 24.3 Å². The number of Topliss-reactive ketones (excluding diaryl/α,β-unsaturated/α-hetero) is 2. The van der Waals surface area contributed by atoms with Crippen LogP contribution in [0.2, 0.25) is 0 Å². The van der Waals surface area contributed by atoms with Gasteiger partial charge in [-0.05, 0) is 12.5 Å². The zero-order valence-corrected chi connectivity index (χ0v) is 9.86. The number of hydrogen-bond acceptors (Lipinski definition) is 4. The van der Waals surface area contributed by atoms with E-state index in [1.165, 1.54) is 0 Å². The highest BCUT2D eigenvalue weighted by Crippen LogP contribution is 2.05. The maximum absolute atomic E-state index is 11.5. The number of carbonyl (C=O) groups is 3. The van der Waals surface area contributed by atoms with E-state index in [4.69, 9.17) is 0 Å². The van der Waals surface area contributed by atoms with E-state index < -0.39 is 18.2 Å². The van der Waals surface area contributed by atoms with Crippen molar-refractivity contribution in [2.45, 2.75) is 19.8 Å². The molecule has 4 heteroatoms. The Kier molecular flexibility index (Phi) is 4.57. The molecule has 4 nitrogen and oxygen atoms in total. The zero-order chi connectivity index (χ0) is 12.8. The lowest BCUT2D eigenvalue weighted by Crippen LogP contribution is -2.20. The summed E-state index contributed by atoms with van der Waals surface area (Å²) < 4.78 is 4.24. The molecule has 90 valence electrons. The summed E-state index contributed by atoms with van der Waals surface area (Å²) in [4.78, 5) is 33.5. The first-order chi connectivity index (χ1) is 8.02. The van der Waals surface area contributed by atoms with Gasteiger partial charge >= 0.3 is 5.97 Å². The van der Waals surface area contributed by atoms with Gasteiger partial charge in [0.05, 0.1) is 13.5 Å². The van der Waals surface area contributed by atoms with Gasteiger partial charge in [0.25, 0.3) is 0 Å². The molecule has 0 bridgehead atoms. The predicted molar refractivity (Wildman–Crippen MR) is 61.5 cm³/mol. The van der Waals surface area contributed by atoms with Crippen molar-refractivity contribution in [2.75, 3.05) is 7.11 Å².